The third-order valence-electron chi connectivity index (χ3n) is 2.93. The van der Waals surface area contributed by atoms with E-state index < -0.39 is 11.9 Å². The average molecular weight is 308 g/mol. The van der Waals surface area contributed by atoms with Crippen molar-refractivity contribution < 1.29 is 14.3 Å². The molecule has 0 saturated heterocycles. The van der Waals surface area contributed by atoms with E-state index in [0.717, 1.165) is 6.42 Å². The summed E-state index contributed by atoms with van der Waals surface area (Å²) in [7, 11) is 0. The summed E-state index contributed by atoms with van der Waals surface area (Å²) in [6.07, 6.45) is -0.152. The summed E-state index contributed by atoms with van der Waals surface area (Å²) in [5.74, 6) is -0.410. The second-order valence-electron chi connectivity index (χ2n) is 4.54. The molecule has 3 N–H and O–H groups in total. The molecule has 1 aromatic carbocycles. The summed E-state index contributed by atoms with van der Waals surface area (Å²) in [6, 6.07) is 9.33. The van der Waals surface area contributed by atoms with E-state index in [4.69, 9.17) is 0 Å². The molecule has 0 fully saturated rings. The van der Waals surface area contributed by atoms with Crippen molar-refractivity contribution in [3.8, 4) is 0 Å². The molecule has 1 atom stereocenters. The second-order valence-corrected chi connectivity index (χ2v) is 5.57. The van der Waals surface area contributed by atoms with Crippen LogP contribution in [0.15, 0.2) is 41.8 Å². The summed E-state index contributed by atoms with van der Waals surface area (Å²) < 4.78 is 13.0. The minimum Gasteiger partial charge on any atom is -0.387 e. The number of hydrogen-bond donors (Lipinski definition) is 3. The maximum Gasteiger partial charge on any atom is 0.314 e. The number of thiophene rings is 1. The molecule has 0 radical (unpaired) electrons. The van der Waals surface area contributed by atoms with Gasteiger partial charge in [-0.25, -0.2) is 9.18 Å². The highest BCUT2D eigenvalue weighted by Crippen LogP contribution is 2.12. The number of carbonyl (C=O) groups is 1. The van der Waals surface area contributed by atoms with Gasteiger partial charge in [0.15, 0.2) is 0 Å². The molecule has 112 valence electrons. The number of rotatable bonds is 6. The van der Waals surface area contributed by atoms with Crippen LogP contribution in [-0.4, -0.2) is 24.2 Å². The largest absolute Gasteiger partial charge is 0.387 e. The highest BCUT2D eigenvalue weighted by Gasteiger charge is 2.09. The van der Waals surface area contributed by atoms with Gasteiger partial charge >= 0.3 is 6.03 Å². The lowest BCUT2D eigenvalue weighted by Gasteiger charge is -2.13. The van der Waals surface area contributed by atoms with Gasteiger partial charge in [0, 0.05) is 18.0 Å². The molecule has 0 saturated carbocycles. The number of urea groups is 1. The molecule has 21 heavy (non-hydrogen) atoms. The Morgan fingerprint density at radius 1 is 1.29 bits per heavy atom. The molecule has 6 heteroatoms. The third kappa shape index (κ3) is 5.17. The number of nitrogens with one attached hydrogen (secondary N) is 2. The van der Waals surface area contributed by atoms with Crippen LogP contribution in [0.3, 0.4) is 0 Å². The number of aliphatic hydroxyl groups is 1. The maximum atomic E-state index is 13.0. The molecule has 1 aromatic heterocycles. The van der Waals surface area contributed by atoms with Gasteiger partial charge in [0.05, 0.1) is 6.10 Å². The molecule has 4 nitrogen and oxygen atoms in total. The first-order valence-corrected chi connectivity index (χ1v) is 7.51. The summed E-state index contributed by atoms with van der Waals surface area (Å²) in [6.45, 7) is 0.566. The predicted molar refractivity (Wildman–Crippen MR) is 80.8 cm³/mol. The van der Waals surface area contributed by atoms with Gasteiger partial charge in [0.1, 0.15) is 5.82 Å². The Bertz CT molecular complexity index is 575. The van der Waals surface area contributed by atoms with Crippen LogP contribution in [0.2, 0.25) is 0 Å². The fourth-order valence-corrected chi connectivity index (χ4v) is 2.55. The lowest BCUT2D eigenvalue weighted by molar-refractivity contribution is 0.173. The van der Waals surface area contributed by atoms with Gasteiger partial charge in [0.25, 0.3) is 0 Å². The first-order chi connectivity index (χ1) is 10.1. The van der Waals surface area contributed by atoms with E-state index in [0.29, 0.717) is 12.1 Å². The summed E-state index contributed by atoms with van der Waals surface area (Å²) in [5, 5.41) is 17.1. The zero-order chi connectivity index (χ0) is 15.1. The third-order valence-corrected chi connectivity index (χ3v) is 3.86. The van der Waals surface area contributed by atoms with Gasteiger partial charge in [-0.3, -0.25) is 0 Å². The number of carbonyl (C=O) groups excluding carboxylic acids is 1. The van der Waals surface area contributed by atoms with Gasteiger partial charge < -0.3 is 15.7 Å². The predicted octanol–water partition coefficient (Wildman–Crippen LogP) is 2.46. The highest BCUT2D eigenvalue weighted by atomic mass is 32.1. The van der Waals surface area contributed by atoms with Crippen LogP contribution in [0, 0.1) is 5.82 Å². The molecule has 0 bridgehead atoms. The molecule has 0 spiro atoms. The van der Waals surface area contributed by atoms with Crippen LogP contribution in [-0.2, 0) is 6.42 Å². The number of benzene rings is 1. The van der Waals surface area contributed by atoms with Crippen molar-refractivity contribution in [3.63, 3.8) is 0 Å². The van der Waals surface area contributed by atoms with E-state index in [1.165, 1.54) is 23.1 Å². The quantitative estimate of drug-likeness (QED) is 0.767. The number of aliphatic hydroxyl groups excluding tert-OH is 1. The molecule has 0 unspecified atom stereocenters. The normalized spacial score (nSPS) is 11.9. The fraction of sp³-hybridized carbons (Fsp3) is 0.267. The van der Waals surface area contributed by atoms with Crippen molar-refractivity contribution in [2.75, 3.05) is 13.1 Å². The Morgan fingerprint density at radius 2 is 2.14 bits per heavy atom. The SMILES string of the molecule is O=C(NCCc1cccs1)NC[C@@H](O)c1cccc(F)c1. The Balaban J connectivity index is 1.68. The van der Waals surface area contributed by atoms with Crippen LogP contribution in [0.4, 0.5) is 9.18 Å². The molecular weight excluding hydrogens is 291 g/mol. The summed E-state index contributed by atoms with van der Waals surface area (Å²) in [4.78, 5) is 12.8. The highest BCUT2D eigenvalue weighted by molar-refractivity contribution is 7.09. The van der Waals surface area contributed by atoms with Gasteiger partial charge in [0.2, 0.25) is 0 Å². The summed E-state index contributed by atoms with van der Waals surface area (Å²) in [5.41, 5.74) is 0.439. The number of halogens is 1. The van der Waals surface area contributed by atoms with Crippen molar-refractivity contribution >= 4 is 17.4 Å². The van der Waals surface area contributed by atoms with Gasteiger partial charge in [-0.2, -0.15) is 0 Å². The topological polar surface area (TPSA) is 61.4 Å². The molecular formula is C15H17FN2O2S. The van der Waals surface area contributed by atoms with Crippen molar-refractivity contribution in [3.05, 3.63) is 58.0 Å². The van der Waals surface area contributed by atoms with E-state index in [1.54, 1.807) is 17.4 Å². The minimum atomic E-state index is -0.927. The van der Waals surface area contributed by atoms with Gasteiger partial charge in [-0.1, -0.05) is 18.2 Å². The Kier molecular flexibility index (Phi) is 5.71. The van der Waals surface area contributed by atoms with Crippen LogP contribution >= 0.6 is 11.3 Å². The van der Waals surface area contributed by atoms with Crippen molar-refractivity contribution in [2.45, 2.75) is 12.5 Å². The standard InChI is InChI=1S/C15H17FN2O2S/c16-12-4-1-3-11(9-12)14(19)10-18-15(20)17-7-6-13-5-2-8-21-13/h1-5,8-9,14,19H,6-7,10H2,(H2,17,18,20)/t14-/m1/s1. The van der Waals surface area contributed by atoms with E-state index in [9.17, 15) is 14.3 Å². The lowest BCUT2D eigenvalue weighted by atomic mass is 10.1. The van der Waals surface area contributed by atoms with Crippen molar-refractivity contribution in [1.29, 1.82) is 0 Å². The fourth-order valence-electron chi connectivity index (χ4n) is 1.84. The van der Waals surface area contributed by atoms with Crippen molar-refractivity contribution in [2.24, 2.45) is 0 Å². The van der Waals surface area contributed by atoms with Crippen molar-refractivity contribution in [1.82, 2.24) is 10.6 Å². The summed E-state index contributed by atoms with van der Waals surface area (Å²) >= 11 is 1.64. The molecule has 0 aliphatic rings. The van der Waals surface area contributed by atoms with E-state index in [2.05, 4.69) is 10.6 Å². The monoisotopic (exact) mass is 308 g/mol. The van der Waals surface area contributed by atoms with E-state index in [-0.39, 0.29) is 12.6 Å². The van der Waals surface area contributed by atoms with Gasteiger partial charge in [-0.05, 0) is 35.6 Å². The average Bonchev–Trinajstić information content (AvgIpc) is 2.98. The Labute approximate surface area is 126 Å². The Hall–Kier alpha value is -1.92. The van der Waals surface area contributed by atoms with E-state index in [1.807, 2.05) is 17.5 Å². The van der Waals surface area contributed by atoms with E-state index >= 15 is 0 Å². The number of amides is 2. The molecule has 2 aromatic rings. The minimum absolute atomic E-state index is 0.0360. The lowest BCUT2D eigenvalue weighted by Crippen LogP contribution is -2.38. The van der Waals surface area contributed by atoms with Crippen LogP contribution in [0.1, 0.15) is 16.5 Å². The van der Waals surface area contributed by atoms with Crippen LogP contribution in [0.5, 0.6) is 0 Å². The Morgan fingerprint density at radius 3 is 2.86 bits per heavy atom. The number of hydrogen-bond acceptors (Lipinski definition) is 3. The first-order valence-electron chi connectivity index (χ1n) is 6.63. The second kappa shape index (κ2) is 7.75. The zero-order valence-corrected chi connectivity index (χ0v) is 12.2. The smallest absolute Gasteiger partial charge is 0.314 e. The first kappa shape index (κ1) is 15.5. The molecule has 2 rings (SSSR count). The van der Waals surface area contributed by atoms with Gasteiger partial charge in [-0.15, -0.1) is 11.3 Å². The molecule has 2 amide bonds. The maximum absolute atomic E-state index is 13.0. The zero-order valence-electron chi connectivity index (χ0n) is 11.4. The molecule has 1 heterocycles. The molecule has 0 aliphatic carbocycles. The van der Waals surface area contributed by atoms with Crippen LogP contribution in [0.25, 0.3) is 0 Å². The van der Waals surface area contributed by atoms with Crippen LogP contribution < -0.4 is 10.6 Å². The molecule has 0 aliphatic heterocycles.